The Bertz CT molecular complexity index is 730. The Morgan fingerprint density at radius 2 is 1.79 bits per heavy atom. The van der Waals surface area contributed by atoms with Crippen LogP contribution in [0.4, 0.5) is 0 Å². The van der Waals surface area contributed by atoms with Gasteiger partial charge in [0, 0.05) is 17.0 Å². The second kappa shape index (κ2) is 8.52. The first-order valence-electron chi connectivity index (χ1n) is 7.49. The van der Waals surface area contributed by atoms with E-state index in [0.29, 0.717) is 17.9 Å². The molecule has 0 heterocycles. The molecule has 0 radical (unpaired) electrons. The molecule has 0 aliphatic heterocycles. The summed E-state index contributed by atoms with van der Waals surface area (Å²) in [5.41, 5.74) is 5.20. The minimum Gasteiger partial charge on any atom is -0.351 e. The highest BCUT2D eigenvalue weighted by Crippen LogP contribution is 2.22. The van der Waals surface area contributed by atoms with Gasteiger partial charge in [-0.25, -0.2) is 5.48 Å². The van der Waals surface area contributed by atoms with Crippen molar-refractivity contribution in [3.8, 4) is 0 Å². The summed E-state index contributed by atoms with van der Waals surface area (Å²) in [6.45, 7) is 4.48. The number of aryl methyl sites for hydroxylation is 2. The monoisotopic (exact) mass is 344 g/mol. The molecule has 24 heavy (non-hydrogen) atoms. The van der Waals surface area contributed by atoms with Gasteiger partial charge in [0.1, 0.15) is 0 Å². The molecule has 0 saturated carbocycles. The standard InChI is InChI=1S/C18H20N2O3S/c1-12-3-8-16(13(2)9-12)24-11-17(21)19-10-14-4-6-15(7-5-14)18(22)20-23/h3-9,23H,10-11H2,1-2H3,(H,19,21)(H,20,22). The van der Waals surface area contributed by atoms with Crippen LogP contribution in [0.5, 0.6) is 0 Å². The zero-order valence-electron chi connectivity index (χ0n) is 13.6. The number of amides is 2. The number of hydrogen-bond donors (Lipinski definition) is 3. The number of benzene rings is 2. The molecule has 0 bridgehead atoms. The van der Waals surface area contributed by atoms with Crippen molar-refractivity contribution in [1.29, 1.82) is 0 Å². The molecule has 2 rings (SSSR count). The summed E-state index contributed by atoms with van der Waals surface area (Å²) in [5.74, 6) is -0.248. The number of nitrogens with one attached hydrogen (secondary N) is 2. The van der Waals surface area contributed by atoms with Crippen molar-refractivity contribution in [2.75, 3.05) is 5.75 Å². The Morgan fingerprint density at radius 1 is 1.08 bits per heavy atom. The number of hydrogen-bond acceptors (Lipinski definition) is 4. The number of thioether (sulfide) groups is 1. The van der Waals surface area contributed by atoms with Gasteiger partial charge in [0.25, 0.3) is 5.91 Å². The lowest BCUT2D eigenvalue weighted by atomic mass is 10.1. The lowest BCUT2D eigenvalue weighted by molar-refractivity contribution is -0.118. The van der Waals surface area contributed by atoms with Gasteiger partial charge in [0.15, 0.2) is 0 Å². The Morgan fingerprint density at radius 3 is 2.42 bits per heavy atom. The van der Waals surface area contributed by atoms with Gasteiger partial charge in [-0.1, -0.05) is 29.8 Å². The minimum atomic E-state index is -0.560. The zero-order valence-corrected chi connectivity index (χ0v) is 14.4. The zero-order chi connectivity index (χ0) is 17.5. The number of carbonyl (C=O) groups is 2. The first-order valence-corrected chi connectivity index (χ1v) is 8.48. The average Bonchev–Trinajstić information content (AvgIpc) is 2.59. The number of hydroxylamine groups is 1. The molecule has 0 aliphatic rings. The highest BCUT2D eigenvalue weighted by molar-refractivity contribution is 8.00. The molecule has 0 saturated heterocycles. The Kier molecular flexibility index (Phi) is 6.40. The molecule has 2 aromatic carbocycles. The average molecular weight is 344 g/mol. The minimum absolute atomic E-state index is 0.0443. The van der Waals surface area contributed by atoms with E-state index in [1.54, 1.807) is 29.7 Å². The van der Waals surface area contributed by atoms with E-state index in [1.807, 2.05) is 26.0 Å². The largest absolute Gasteiger partial charge is 0.351 e. The third kappa shape index (κ3) is 5.11. The van der Waals surface area contributed by atoms with E-state index >= 15 is 0 Å². The second-order valence-electron chi connectivity index (χ2n) is 5.47. The van der Waals surface area contributed by atoms with Gasteiger partial charge in [-0.15, -0.1) is 11.8 Å². The fourth-order valence-electron chi connectivity index (χ4n) is 2.19. The van der Waals surface area contributed by atoms with Crippen molar-refractivity contribution in [2.24, 2.45) is 0 Å². The smallest absolute Gasteiger partial charge is 0.274 e. The summed E-state index contributed by atoms with van der Waals surface area (Å²) >= 11 is 1.52. The van der Waals surface area contributed by atoms with Gasteiger partial charge < -0.3 is 5.32 Å². The maximum absolute atomic E-state index is 12.0. The highest BCUT2D eigenvalue weighted by atomic mass is 32.2. The van der Waals surface area contributed by atoms with E-state index in [-0.39, 0.29) is 5.91 Å². The van der Waals surface area contributed by atoms with E-state index in [9.17, 15) is 9.59 Å². The van der Waals surface area contributed by atoms with E-state index in [2.05, 4.69) is 11.4 Å². The van der Waals surface area contributed by atoms with E-state index in [0.717, 1.165) is 10.5 Å². The van der Waals surface area contributed by atoms with Crippen molar-refractivity contribution >= 4 is 23.6 Å². The molecule has 0 unspecified atom stereocenters. The maximum atomic E-state index is 12.0. The third-order valence-corrected chi connectivity index (χ3v) is 4.67. The molecule has 3 N–H and O–H groups in total. The van der Waals surface area contributed by atoms with Gasteiger partial charge in [-0.3, -0.25) is 14.8 Å². The van der Waals surface area contributed by atoms with Crippen molar-refractivity contribution in [2.45, 2.75) is 25.3 Å². The summed E-state index contributed by atoms with van der Waals surface area (Å²) in [5, 5.41) is 11.4. The SMILES string of the molecule is Cc1ccc(SCC(=O)NCc2ccc(C(=O)NO)cc2)c(C)c1. The van der Waals surface area contributed by atoms with Gasteiger partial charge >= 0.3 is 0 Å². The van der Waals surface area contributed by atoms with E-state index < -0.39 is 5.91 Å². The normalized spacial score (nSPS) is 10.3. The Balaban J connectivity index is 1.81. The van der Waals surface area contributed by atoms with Crippen molar-refractivity contribution in [3.05, 3.63) is 64.7 Å². The van der Waals surface area contributed by atoms with Crippen LogP contribution in [0, 0.1) is 13.8 Å². The summed E-state index contributed by atoms with van der Waals surface area (Å²) in [7, 11) is 0. The van der Waals surface area contributed by atoms with Crippen molar-refractivity contribution < 1.29 is 14.8 Å². The van der Waals surface area contributed by atoms with Crippen LogP contribution in [-0.4, -0.2) is 22.8 Å². The molecular formula is C18H20N2O3S. The predicted octanol–water partition coefficient (Wildman–Crippen LogP) is 2.83. The van der Waals surface area contributed by atoms with Crippen LogP contribution in [0.15, 0.2) is 47.4 Å². The molecular weight excluding hydrogens is 324 g/mol. The van der Waals surface area contributed by atoms with Crippen LogP contribution in [-0.2, 0) is 11.3 Å². The van der Waals surface area contributed by atoms with Gasteiger partial charge in [-0.2, -0.15) is 0 Å². The van der Waals surface area contributed by atoms with E-state index in [4.69, 9.17) is 5.21 Å². The highest BCUT2D eigenvalue weighted by Gasteiger charge is 2.06. The van der Waals surface area contributed by atoms with Crippen molar-refractivity contribution in [3.63, 3.8) is 0 Å². The maximum Gasteiger partial charge on any atom is 0.274 e. The lowest BCUT2D eigenvalue weighted by Crippen LogP contribution is -2.24. The van der Waals surface area contributed by atoms with Gasteiger partial charge in [0.05, 0.1) is 5.75 Å². The molecule has 2 amide bonds. The summed E-state index contributed by atoms with van der Waals surface area (Å²) in [4.78, 5) is 24.3. The summed E-state index contributed by atoms with van der Waals surface area (Å²) in [6, 6.07) is 12.8. The topological polar surface area (TPSA) is 78.4 Å². The summed E-state index contributed by atoms with van der Waals surface area (Å²) in [6.07, 6.45) is 0. The van der Waals surface area contributed by atoms with Crippen LogP contribution in [0.25, 0.3) is 0 Å². The van der Waals surface area contributed by atoms with Gasteiger partial charge in [-0.05, 0) is 43.2 Å². The third-order valence-electron chi connectivity index (χ3n) is 3.50. The molecule has 0 spiro atoms. The van der Waals surface area contributed by atoms with E-state index in [1.165, 1.54) is 22.9 Å². The lowest BCUT2D eigenvalue weighted by Gasteiger charge is -2.08. The molecule has 126 valence electrons. The van der Waals surface area contributed by atoms with Crippen LogP contribution in [0.3, 0.4) is 0 Å². The molecule has 0 atom stereocenters. The van der Waals surface area contributed by atoms with Crippen LogP contribution < -0.4 is 10.8 Å². The Hall–Kier alpha value is -2.31. The van der Waals surface area contributed by atoms with Crippen LogP contribution in [0.1, 0.15) is 27.0 Å². The number of rotatable bonds is 6. The fraction of sp³-hybridized carbons (Fsp3) is 0.222. The molecule has 0 fully saturated rings. The quantitative estimate of drug-likeness (QED) is 0.428. The van der Waals surface area contributed by atoms with Crippen LogP contribution >= 0.6 is 11.8 Å². The fourth-order valence-corrected chi connectivity index (χ4v) is 3.03. The number of carbonyl (C=O) groups excluding carboxylic acids is 2. The van der Waals surface area contributed by atoms with Crippen molar-refractivity contribution in [1.82, 2.24) is 10.8 Å². The molecule has 0 aliphatic carbocycles. The molecule has 2 aromatic rings. The first-order chi connectivity index (χ1) is 11.5. The predicted molar refractivity (Wildman–Crippen MR) is 94.2 cm³/mol. The first kappa shape index (κ1) is 18.0. The van der Waals surface area contributed by atoms with Crippen LogP contribution in [0.2, 0.25) is 0 Å². The molecule has 6 heteroatoms. The Labute approximate surface area is 145 Å². The molecule has 5 nitrogen and oxygen atoms in total. The van der Waals surface area contributed by atoms with Gasteiger partial charge in [0.2, 0.25) is 5.91 Å². The summed E-state index contributed by atoms with van der Waals surface area (Å²) < 4.78 is 0. The molecule has 0 aromatic heterocycles. The second-order valence-corrected chi connectivity index (χ2v) is 6.49.